The Morgan fingerprint density at radius 3 is 2.53 bits per heavy atom. The van der Waals surface area contributed by atoms with Gasteiger partial charge in [-0.25, -0.2) is 0 Å². The topological polar surface area (TPSA) is 21.7 Å². The van der Waals surface area contributed by atoms with E-state index in [1.807, 2.05) is 0 Å². The largest absolute Gasteiger partial charge is 0.383 e. The Morgan fingerprint density at radius 1 is 1.26 bits per heavy atom. The maximum Gasteiger partial charge on any atom is 0.0663 e. The molecule has 4 heteroatoms. The third-order valence-electron chi connectivity index (χ3n) is 3.28. The van der Waals surface area contributed by atoms with Crippen LogP contribution < -0.4 is 4.90 Å². The Bertz CT molecular complexity index is 384. The summed E-state index contributed by atoms with van der Waals surface area (Å²) in [6.45, 7) is 6.62. The first-order chi connectivity index (χ1) is 9.13. The second-order valence-corrected chi connectivity index (χ2v) is 5.30. The molecule has 0 saturated carbocycles. The Labute approximate surface area is 125 Å². The number of hydrogen-bond acceptors (Lipinski definition) is 3. The molecule has 0 saturated heterocycles. The molecule has 3 nitrogen and oxygen atoms in total. The summed E-state index contributed by atoms with van der Waals surface area (Å²) in [5.74, 6) is 0. The highest BCUT2D eigenvalue weighted by atomic mass is 79.9. The van der Waals surface area contributed by atoms with Crippen LogP contribution in [0.3, 0.4) is 0 Å². The van der Waals surface area contributed by atoms with Crippen molar-refractivity contribution >= 4 is 21.6 Å². The highest BCUT2D eigenvalue weighted by Crippen LogP contribution is 2.22. The monoisotopic (exact) mass is 329 g/mol. The molecule has 0 radical (unpaired) electrons. The number of nitrogens with zero attached hydrogens (tertiary/aromatic N) is 1. The molecule has 1 unspecified atom stereocenters. The predicted octanol–water partition coefficient (Wildman–Crippen LogP) is 3.38. The number of rotatable bonds is 8. The molecule has 1 atom stereocenters. The normalized spacial score (nSPS) is 12.5. The van der Waals surface area contributed by atoms with Crippen LogP contribution in [0.2, 0.25) is 0 Å². The standard InChI is InChI=1S/C15H24BrNO2/c1-12-9-15(6-5-14(12)10-16)17(7-8-18-3)13(2)11-19-4/h5-6,9,13H,7-8,10-11H2,1-4H3. The molecule has 1 rings (SSSR count). The quantitative estimate of drug-likeness (QED) is 0.682. The molecule has 0 aromatic heterocycles. The predicted molar refractivity (Wildman–Crippen MR) is 84.4 cm³/mol. The first-order valence-electron chi connectivity index (χ1n) is 6.54. The van der Waals surface area contributed by atoms with Gasteiger partial charge >= 0.3 is 0 Å². The van der Waals surface area contributed by atoms with E-state index >= 15 is 0 Å². The number of alkyl halides is 1. The first kappa shape index (κ1) is 16.5. The highest BCUT2D eigenvalue weighted by molar-refractivity contribution is 9.08. The van der Waals surface area contributed by atoms with Crippen molar-refractivity contribution in [3.05, 3.63) is 29.3 Å². The van der Waals surface area contributed by atoms with Crippen LogP contribution in [0.4, 0.5) is 5.69 Å². The molecular formula is C15H24BrNO2. The molecule has 0 aliphatic heterocycles. The van der Waals surface area contributed by atoms with E-state index < -0.39 is 0 Å². The second kappa shape index (κ2) is 8.56. The molecule has 1 aromatic rings. The molecule has 0 amide bonds. The van der Waals surface area contributed by atoms with Gasteiger partial charge in [0.05, 0.1) is 13.2 Å². The van der Waals surface area contributed by atoms with Crippen LogP contribution >= 0.6 is 15.9 Å². The van der Waals surface area contributed by atoms with Gasteiger partial charge in [0.15, 0.2) is 0 Å². The summed E-state index contributed by atoms with van der Waals surface area (Å²) in [5, 5.41) is 0.894. The molecule has 0 N–H and O–H groups in total. The van der Waals surface area contributed by atoms with E-state index in [0.29, 0.717) is 19.3 Å². The van der Waals surface area contributed by atoms with Crippen LogP contribution in [0.5, 0.6) is 0 Å². The van der Waals surface area contributed by atoms with E-state index in [4.69, 9.17) is 9.47 Å². The highest BCUT2D eigenvalue weighted by Gasteiger charge is 2.15. The summed E-state index contributed by atoms with van der Waals surface area (Å²) in [4.78, 5) is 2.33. The maximum absolute atomic E-state index is 5.27. The summed E-state index contributed by atoms with van der Waals surface area (Å²) >= 11 is 3.51. The number of hydrogen-bond donors (Lipinski definition) is 0. The van der Waals surface area contributed by atoms with E-state index in [9.17, 15) is 0 Å². The molecule has 0 heterocycles. The molecule has 19 heavy (non-hydrogen) atoms. The summed E-state index contributed by atoms with van der Waals surface area (Å²) in [6, 6.07) is 6.91. The lowest BCUT2D eigenvalue weighted by atomic mass is 10.1. The number of aryl methyl sites for hydroxylation is 1. The van der Waals surface area contributed by atoms with Gasteiger partial charge in [-0.1, -0.05) is 22.0 Å². The molecule has 0 fully saturated rings. The van der Waals surface area contributed by atoms with Gasteiger partial charge in [-0.3, -0.25) is 0 Å². The Morgan fingerprint density at radius 2 is 2.00 bits per heavy atom. The number of methoxy groups -OCH3 is 2. The van der Waals surface area contributed by atoms with Crippen LogP contribution in [0.25, 0.3) is 0 Å². The molecule has 108 valence electrons. The zero-order valence-electron chi connectivity index (χ0n) is 12.3. The lowest BCUT2D eigenvalue weighted by molar-refractivity contribution is 0.171. The average Bonchev–Trinajstić information content (AvgIpc) is 2.39. The fourth-order valence-electron chi connectivity index (χ4n) is 2.13. The number of halogens is 1. The van der Waals surface area contributed by atoms with Crippen LogP contribution in [0.1, 0.15) is 18.1 Å². The minimum Gasteiger partial charge on any atom is -0.383 e. The second-order valence-electron chi connectivity index (χ2n) is 4.73. The van der Waals surface area contributed by atoms with Gasteiger partial charge in [0.1, 0.15) is 0 Å². The van der Waals surface area contributed by atoms with Gasteiger partial charge < -0.3 is 14.4 Å². The van der Waals surface area contributed by atoms with Gasteiger partial charge in [-0.15, -0.1) is 0 Å². The Hall–Kier alpha value is -0.580. The van der Waals surface area contributed by atoms with Crippen molar-refractivity contribution in [2.24, 2.45) is 0 Å². The summed E-state index contributed by atoms with van der Waals surface area (Å²) < 4.78 is 10.5. The van der Waals surface area contributed by atoms with E-state index in [-0.39, 0.29) is 0 Å². The zero-order chi connectivity index (χ0) is 14.3. The molecule has 0 aliphatic carbocycles. The molecular weight excluding hydrogens is 306 g/mol. The third-order valence-corrected chi connectivity index (χ3v) is 3.88. The molecule has 0 spiro atoms. The van der Waals surface area contributed by atoms with Gasteiger partial charge in [-0.05, 0) is 37.1 Å². The fourth-order valence-corrected chi connectivity index (χ4v) is 2.76. The van der Waals surface area contributed by atoms with Gasteiger partial charge in [0.25, 0.3) is 0 Å². The lowest BCUT2D eigenvalue weighted by Crippen LogP contribution is -2.38. The molecule has 0 bridgehead atoms. The minimum atomic E-state index is 0.328. The van der Waals surface area contributed by atoms with Crippen molar-refractivity contribution in [2.45, 2.75) is 25.2 Å². The number of anilines is 1. The van der Waals surface area contributed by atoms with Gasteiger partial charge in [-0.2, -0.15) is 0 Å². The van der Waals surface area contributed by atoms with E-state index in [0.717, 1.165) is 11.9 Å². The van der Waals surface area contributed by atoms with Crippen molar-refractivity contribution in [1.82, 2.24) is 0 Å². The van der Waals surface area contributed by atoms with Crippen molar-refractivity contribution in [3.63, 3.8) is 0 Å². The van der Waals surface area contributed by atoms with E-state index in [1.54, 1.807) is 14.2 Å². The van der Waals surface area contributed by atoms with Crippen molar-refractivity contribution in [2.75, 3.05) is 38.9 Å². The lowest BCUT2D eigenvalue weighted by Gasteiger charge is -2.31. The van der Waals surface area contributed by atoms with Crippen LogP contribution in [-0.2, 0) is 14.8 Å². The van der Waals surface area contributed by atoms with Crippen LogP contribution in [-0.4, -0.2) is 40.0 Å². The van der Waals surface area contributed by atoms with Gasteiger partial charge in [0.2, 0.25) is 0 Å². The van der Waals surface area contributed by atoms with Crippen molar-refractivity contribution < 1.29 is 9.47 Å². The maximum atomic E-state index is 5.27. The molecule has 1 aromatic carbocycles. The fraction of sp³-hybridized carbons (Fsp3) is 0.600. The number of benzene rings is 1. The molecule has 0 aliphatic rings. The van der Waals surface area contributed by atoms with Crippen LogP contribution in [0.15, 0.2) is 18.2 Å². The van der Waals surface area contributed by atoms with Crippen molar-refractivity contribution in [3.8, 4) is 0 Å². The Balaban J connectivity index is 2.92. The number of ether oxygens (including phenoxy) is 2. The zero-order valence-corrected chi connectivity index (χ0v) is 13.9. The SMILES string of the molecule is COCCN(c1ccc(CBr)c(C)c1)C(C)COC. The third kappa shape index (κ3) is 4.79. The van der Waals surface area contributed by atoms with Crippen LogP contribution in [0, 0.1) is 6.92 Å². The van der Waals surface area contributed by atoms with E-state index in [1.165, 1.54) is 16.8 Å². The average molecular weight is 330 g/mol. The summed E-state index contributed by atoms with van der Waals surface area (Å²) in [5.41, 5.74) is 3.86. The van der Waals surface area contributed by atoms with Crippen molar-refractivity contribution in [1.29, 1.82) is 0 Å². The summed E-state index contributed by atoms with van der Waals surface area (Å²) in [7, 11) is 3.47. The van der Waals surface area contributed by atoms with Gasteiger partial charge in [0, 0.05) is 37.8 Å². The summed E-state index contributed by atoms with van der Waals surface area (Å²) in [6.07, 6.45) is 0. The first-order valence-corrected chi connectivity index (χ1v) is 7.66. The smallest absolute Gasteiger partial charge is 0.0663 e. The minimum absolute atomic E-state index is 0.328. The van der Waals surface area contributed by atoms with E-state index in [2.05, 4.69) is 52.9 Å². The Kier molecular flexibility index (Phi) is 7.42.